The van der Waals surface area contributed by atoms with Crippen molar-refractivity contribution in [3.63, 3.8) is 0 Å². The molecule has 9 heteroatoms. The fraction of sp³-hybridized carbons (Fsp3) is 0.480. The van der Waals surface area contributed by atoms with E-state index in [9.17, 15) is 9.90 Å². The number of methoxy groups -OCH3 is 1. The van der Waals surface area contributed by atoms with E-state index in [0.29, 0.717) is 50.7 Å². The van der Waals surface area contributed by atoms with Gasteiger partial charge in [0.25, 0.3) is 5.56 Å². The summed E-state index contributed by atoms with van der Waals surface area (Å²) < 4.78 is 12.7. The van der Waals surface area contributed by atoms with Crippen molar-refractivity contribution in [3.8, 4) is 17.0 Å². The molecule has 0 saturated carbocycles. The summed E-state index contributed by atoms with van der Waals surface area (Å²) in [6, 6.07) is 9.62. The van der Waals surface area contributed by atoms with Crippen LogP contribution in [0.4, 0.5) is 5.82 Å². The molecule has 0 radical (unpaired) electrons. The van der Waals surface area contributed by atoms with E-state index in [-0.39, 0.29) is 12.2 Å². The first-order valence-corrected chi connectivity index (χ1v) is 11.9. The number of benzene rings is 1. The van der Waals surface area contributed by atoms with Crippen LogP contribution in [0.2, 0.25) is 0 Å². The molecule has 0 amide bonds. The van der Waals surface area contributed by atoms with E-state index in [4.69, 9.17) is 14.5 Å². The first kappa shape index (κ1) is 24.1. The summed E-state index contributed by atoms with van der Waals surface area (Å²) >= 11 is 0. The number of aromatic nitrogens is 3. The van der Waals surface area contributed by atoms with Gasteiger partial charge in [-0.3, -0.25) is 14.7 Å². The average Bonchev–Trinajstić information content (AvgIpc) is 2.88. The minimum atomic E-state index is -0.116. The zero-order valence-corrected chi connectivity index (χ0v) is 19.9. The van der Waals surface area contributed by atoms with Crippen molar-refractivity contribution in [2.24, 2.45) is 0 Å². The lowest BCUT2D eigenvalue weighted by molar-refractivity contribution is 0.127. The zero-order valence-electron chi connectivity index (χ0n) is 19.9. The lowest BCUT2D eigenvalue weighted by Gasteiger charge is -2.34. The molecule has 9 nitrogen and oxygen atoms in total. The molecule has 1 saturated heterocycles. The van der Waals surface area contributed by atoms with Gasteiger partial charge in [-0.15, -0.1) is 0 Å². The summed E-state index contributed by atoms with van der Waals surface area (Å²) in [7, 11) is 1.64. The van der Waals surface area contributed by atoms with Gasteiger partial charge in [-0.2, -0.15) is 0 Å². The van der Waals surface area contributed by atoms with Gasteiger partial charge >= 0.3 is 0 Å². The lowest BCUT2D eigenvalue weighted by Crippen LogP contribution is -2.49. The molecular formula is C25H33N5O4. The van der Waals surface area contributed by atoms with Crippen LogP contribution in [-0.4, -0.2) is 84.2 Å². The molecule has 3 aromatic rings. The Bertz CT molecular complexity index is 1140. The number of anilines is 1. The maximum Gasteiger partial charge on any atom is 0.294 e. The minimum Gasteiger partial charge on any atom is -0.497 e. The largest absolute Gasteiger partial charge is 0.497 e. The standard InChI is InChI=1S/C25H33N5O4/c1-3-15-34-16-13-30-23-17-21(19-4-6-20(33-2)7-5-19)26-18-22(23)27-24(25(30)32)29-10-8-28(9-11-29)12-14-31/h4-7,17-18,31H,3,8-16H2,1-2H3. The molecule has 1 fully saturated rings. The number of hydrogen-bond acceptors (Lipinski definition) is 8. The van der Waals surface area contributed by atoms with Crippen molar-refractivity contribution in [1.82, 2.24) is 19.4 Å². The average molecular weight is 468 g/mol. The molecule has 0 bridgehead atoms. The summed E-state index contributed by atoms with van der Waals surface area (Å²) in [5.41, 5.74) is 3.02. The second kappa shape index (κ2) is 11.4. The third kappa shape index (κ3) is 5.38. The maximum atomic E-state index is 13.6. The minimum absolute atomic E-state index is 0.116. The summed E-state index contributed by atoms with van der Waals surface area (Å²) in [5, 5.41) is 9.21. The van der Waals surface area contributed by atoms with Gasteiger partial charge in [0.15, 0.2) is 5.82 Å². The summed E-state index contributed by atoms with van der Waals surface area (Å²) in [6.45, 7) is 7.37. The highest BCUT2D eigenvalue weighted by Crippen LogP contribution is 2.24. The fourth-order valence-electron chi connectivity index (χ4n) is 4.21. The van der Waals surface area contributed by atoms with Crippen molar-refractivity contribution in [3.05, 3.63) is 46.9 Å². The molecule has 34 heavy (non-hydrogen) atoms. The molecule has 1 aliphatic heterocycles. The number of aliphatic hydroxyl groups is 1. The van der Waals surface area contributed by atoms with Crippen molar-refractivity contribution in [2.45, 2.75) is 19.9 Å². The van der Waals surface area contributed by atoms with Crippen LogP contribution < -0.4 is 15.2 Å². The summed E-state index contributed by atoms with van der Waals surface area (Å²) in [4.78, 5) is 27.2. The van der Waals surface area contributed by atoms with Crippen LogP contribution in [0, 0.1) is 0 Å². The molecule has 1 aromatic carbocycles. The van der Waals surface area contributed by atoms with Crippen LogP contribution in [0.5, 0.6) is 5.75 Å². The maximum absolute atomic E-state index is 13.6. The Morgan fingerprint density at radius 2 is 1.82 bits per heavy atom. The van der Waals surface area contributed by atoms with Gasteiger partial charge < -0.3 is 24.0 Å². The number of piperazine rings is 1. The van der Waals surface area contributed by atoms with E-state index in [1.54, 1.807) is 17.9 Å². The van der Waals surface area contributed by atoms with Gasteiger partial charge in [0.1, 0.15) is 11.3 Å². The van der Waals surface area contributed by atoms with Gasteiger partial charge in [0.2, 0.25) is 0 Å². The Morgan fingerprint density at radius 1 is 1.06 bits per heavy atom. The van der Waals surface area contributed by atoms with Gasteiger partial charge in [0, 0.05) is 51.4 Å². The summed E-state index contributed by atoms with van der Waals surface area (Å²) in [6.07, 6.45) is 2.67. The highest BCUT2D eigenvalue weighted by Gasteiger charge is 2.22. The number of pyridine rings is 1. The van der Waals surface area contributed by atoms with E-state index in [1.165, 1.54) is 0 Å². The molecule has 1 aliphatic rings. The third-order valence-electron chi connectivity index (χ3n) is 6.10. The monoisotopic (exact) mass is 467 g/mol. The van der Waals surface area contributed by atoms with Crippen molar-refractivity contribution >= 4 is 16.9 Å². The van der Waals surface area contributed by atoms with E-state index < -0.39 is 0 Å². The number of nitrogens with zero attached hydrogens (tertiary/aromatic N) is 5. The third-order valence-corrected chi connectivity index (χ3v) is 6.10. The van der Waals surface area contributed by atoms with Crippen molar-refractivity contribution in [2.75, 3.05) is 64.6 Å². The number of ether oxygens (including phenoxy) is 2. The van der Waals surface area contributed by atoms with E-state index in [0.717, 1.165) is 42.0 Å². The Balaban J connectivity index is 1.70. The predicted octanol–water partition coefficient (Wildman–Crippen LogP) is 2.01. The van der Waals surface area contributed by atoms with E-state index in [2.05, 4.69) is 16.8 Å². The Kier molecular flexibility index (Phi) is 8.10. The van der Waals surface area contributed by atoms with E-state index >= 15 is 0 Å². The molecule has 2 aromatic heterocycles. The second-order valence-corrected chi connectivity index (χ2v) is 8.34. The molecule has 0 spiro atoms. The first-order chi connectivity index (χ1) is 16.6. The highest BCUT2D eigenvalue weighted by atomic mass is 16.5. The molecule has 4 rings (SSSR count). The first-order valence-electron chi connectivity index (χ1n) is 11.9. The van der Waals surface area contributed by atoms with Crippen molar-refractivity contribution < 1.29 is 14.6 Å². The Labute approximate surface area is 199 Å². The fourth-order valence-corrected chi connectivity index (χ4v) is 4.21. The number of hydrogen-bond donors (Lipinski definition) is 1. The molecular weight excluding hydrogens is 434 g/mol. The predicted molar refractivity (Wildman–Crippen MR) is 133 cm³/mol. The van der Waals surface area contributed by atoms with Gasteiger partial charge in [-0.25, -0.2) is 4.98 Å². The highest BCUT2D eigenvalue weighted by molar-refractivity contribution is 5.80. The number of aliphatic hydroxyl groups excluding tert-OH is 1. The normalized spacial score (nSPS) is 14.6. The lowest BCUT2D eigenvalue weighted by atomic mass is 10.1. The zero-order chi connectivity index (χ0) is 23.9. The second-order valence-electron chi connectivity index (χ2n) is 8.34. The molecule has 182 valence electrons. The molecule has 0 atom stereocenters. The van der Waals surface area contributed by atoms with E-state index in [1.807, 2.05) is 35.2 Å². The molecule has 0 aliphatic carbocycles. The number of fused-ring (bicyclic) bond motifs is 1. The van der Waals surface area contributed by atoms with Crippen LogP contribution >= 0.6 is 0 Å². The van der Waals surface area contributed by atoms with Gasteiger partial charge in [-0.05, 0) is 36.8 Å². The number of β-amino-alcohol motifs (C(OH)–C–C–N with tert-alkyl or cyclic N) is 1. The smallest absolute Gasteiger partial charge is 0.294 e. The quantitative estimate of drug-likeness (QED) is 0.453. The van der Waals surface area contributed by atoms with Crippen LogP contribution in [0.3, 0.4) is 0 Å². The van der Waals surface area contributed by atoms with Crippen LogP contribution in [-0.2, 0) is 11.3 Å². The van der Waals surface area contributed by atoms with Crippen molar-refractivity contribution in [1.29, 1.82) is 0 Å². The summed E-state index contributed by atoms with van der Waals surface area (Å²) in [5.74, 6) is 1.23. The Hall–Kier alpha value is -3.01. The Morgan fingerprint density at radius 3 is 2.50 bits per heavy atom. The van der Waals surface area contributed by atoms with Gasteiger partial charge in [-0.1, -0.05) is 6.92 Å². The SMILES string of the molecule is CCCOCCn1c(=O)c(N2CCN(CCO)CC2)nc2cnc(-c3ccc(OC)cc3)cc21. The topological polar surface area (TPSA) is 93.0 Å². The number of rotatable bonds is 10. The van der Waals surface area contributed by atoms with Crippen LogP contribution in [0.25, 0.3) is 22.3 Å². The molecule has 3 heterocycles. The van der Waals surface area contributed by atoms with Gasteiger partial charge in [0.05, 0.1) is 37.7 Å². The molecule has 1 N–H and O–H groups in total. The molecule has 0 unspecified atom stereocenters. The van der Waals surface area contributed by atoms with Crippen LogP contribution in [0.1, 0.15) is 13.3 Å². The van der Waals surface area contributed by atoms with Crippen LogP contribution in [0.15, 0.2) is 41.3 Å².